The molecule has 18 heteroatoms. The van der Waals surface area contributed by atoms with E-state index in [0.29, 0.717) is 34.0 Å². The lowest BCUT2D eigenvalue weighted by Crippen LogP contribution is -2.35. The van der Waals surface area contributed by atoms with Crippen molar-refractivity contribution in [3.63, 3.8) is 0 Å². The molecule has 40 heavy (non-hydrogen) atoms. The van der Waals surface area contributed by atoms with Crippen LogP contribution in [0.25, 0.3) is 10.9 Å². The Bertz CT molecular complexity index is 1610. The van der Waals surface area contributed by atoms with Crippen LogP contribution in [0, 0.1) is 5.82 Å². The lowest BCUT2D eigenvalue weighted by molar-refractivity contribution is -0.192. The molecule has 3 N–H and O–H groups in total. The highest BCUT2D eigenvalue weighted by atomic mass is 79.9. The quantitative estimate of drug-likeness (QED) is 0.330. The van der Waals surface area contributed by atoms with Crippen LogP contribution in [0.1, 0.15) is 6.42 Å². The molecule has 0 bridgehead atoms. The molecule has 2 aromatic carbocycles. The van der Waals surface area contributed by atoms with Gasteiger partial charge in [-0.3, -0.25) is 9.52 Å². The number of anilines is 3. The third kappa shape index (κ3) is 7.01. The van der Waals surface area contributed by atoms with Crippen molar-refractivity contribution in [1.29, 1.82) is 0 Å². The van der Waals surface area contributed by atoms with E-state index in [2.05, 4.69) is 31.0 Å². The number of aliphatic carboxylic acids is 1. The molecule has 0 aliphatic carbocycles. The van der Waals surface area contributed by atoms with Crippen molar-refractivity contribution in [2.24, 2.45) is 7.05 Å². The molecule has 3 aromatic rings. The summed E-state index contributed by atoms with van der Waals surface area (Å²) < 4.78 is 82.6. The minimum absolute atomic E-state index is 0.0101. The lowest BCUT2D eigenvalue weighted by atomic mass is 10.2. The smallest absolute Gasteiger partial charge is 0.475 e. The first-order chi connectivity index (χ1) is 18.6. The normalized spacial score (nSPS) is 15.9. The number of aryl methyl sites for hydroxylation is 1. The highest BCUT2D eigenvalue weighted by Crippen LogP contribution is 2.38. The Hall–Kier alpha value is -2.99. The van der Waals surface area contributed by atoms with E-state index in [0.717, 1.165) is 6.07 Å². The summed E-state index contributed by atoms with van der Waals surface area (Å²) in [6, 6.07) is 5.57. The summed E-state index contributed by atoms with van der Waals surface area (Å²) in [6.07, 6.45) is -3.29. The van der Waals surface area contributed by atoms with Crippen molar-refractivity contribution in [3.8, 4) is 0 Å². The number of nitrogens with one attached hydrogen (secondary N) is 2. The molecule has 0 spiro atoms. The van der Waals surface area contributed by atoms with Crippen molar-refractivity contribution in [2.75, 3.05) is 30.2 Å². The van der Waals surface area contributed by atoms with E-state index in [-0.39, 0.29) is 34.6 Å². The predicted molar refractivity (Wildman–Crippen MR) is 143 cm³/mol. The van der Waals surface area contributed by atoms with Crippen LogP contribution in [0.4, 0.5) is 34.6 Å². The van der Waals surface area contributed by atoms with E-state index in [4.69, 9.17) is 26.2 Å². The van der Waals surface area contributed by atoms with E-state index >= 15 is 0 Å². The number of nitrogens with zero attached hydrogens (tertiary/aromatic N) is 3. The summed E-state index contributed by atoms with van der Waals surface area (Å²) in [5, 5.41) is 10.1. The number of hydrogen-bond acceptors (Lipinski definition) is 7. The molecule has 4 rings (SSSR count). The fourth-order valence-corrected chi connectivity index (χ4v) is 5.74. The van der Waals surface area contributed by atoms with E-state index in [1.807, 2.05) is 0 Å². The van der Waals surface area contributed by atoms with Gasteiger partial charge in [-0.15, -0.1) is 0 Å². The Morgan fingerprint density at radius 1 is 1.25 bits per heavy atom. The molecular formula is C22H21BrClF4N5O6S. The van der Waals surface area contributed by atoms with Gasteiger partial charge in [0.05, 0.1) is 49.9 Å². The van der Waals surface area contributed by atoms with E-state index in [9.17, 15) is 30.8 Å². The van der Waals surface area contributed by atoms with Crippen molar-refractivity contribution in [3.05, 3.63) is 56.3 Å². The third-order valence-electron chi connectivity index (χ3n) is 5.64. The van der Waals surface area contributed by atoms with Gasteiger partial charge in [-0.2, -0.15) is 25.9 Å². The van der Waals surface area contributed by atoms with E-state index < -0.39 is 28.2 Å². The SMILES string of the molecule is CO[C@@H]1CCN(S(=O)(=O)Nc2ccc(F)c(Nc3ccc4ncn(C)c(=O)c4c3Br)c2Cl)C1.O=C(O)C(F)(F)F. The fourth-order valence-electron chi connectivity index (χ4n) is 3.54. The molecule has 0 amide bonds. The second kappa shape index (κ2) is 12.3. The predicted octanol–water partition coefficient (Wildman–Crippen LogP) is 4.24. The minimum Gasteiger partial charge on any atom is -0.475 e. The Labute approximate surface area is 238 Å². The van der Waals surface area contributed by atoms with E-state index in [1.165, 1.54) is 28.4 Å². The number of carbonyl (C=O) groups is 1. The standard InChI is InChI=1S/C20H20BrClFN5O4S.C2HF3O2/c1-27-10-24-13-5-6-14(17(21)16(13)20(27)29)25-19-12(23)3-4-15(18(19)22)26-33(30,31)28-8-7-11(9-28)32-2;3-2(4,5)1(6)7/h3-6,10-11,25-26H,7-9H2,1-2H3;(H,6,7)/t11-;/m1./s1. The zero-order chi connectivity index (χ0) is 30.0. The molecule has 0 unspecified atom stereocenters. The number of fused-ring (bicyclic) bond motifs is 1. The highest BCUT2D eigenvalue weighted by Gasteiger charge is 2.38. The maximum Gasteiger partial charge on any atom is 0.490 e. The van der Waals surface area contributed by atoms with Crippen LogP contribution in [0.15, 0.2) is 39.9 Å². The summed E-state index contributed by atoms with van der Waals surface area (Å²) in [6.45, 7) is 0.508. The number of ether oxygens (including phenoxy) is 1. The molecule has 2 heterocycles. The first-order valence-electron chi connectivity index (χ1n) is 11.1. The van der Waals surface area contributed by atoms with Crippen molar-refractivity contribution < 1.29 is 40.6 Å². The number of carboxylic acid groups (broad SMARTS) is 1. The number of hydrogen-bond donors (Lipinski definition) is 3. The lowest BCUT2D eigenvalue weighted by Gasteiger charge is -2.20. The number of methoxy groups -OCH3 is 1. The van der Waals surface area contributed by atoms with Gasteiger partial charge in [0.25, 0.3) is 5.56 Å². The van der Waals surface area contributed by atoms with Crippen molar-refractivity contribution in [2.45, 2.75) is 18.7 Å². The van der Waals surface area contributed by atoms with Crippen LogP contribution in [0.5, 0.6) is 0 Å². The summed E-state index contributed by atoms with van der Waals surface area (Å²) in [7, 11) is -0.822. The molecule has 1 aliphatic heterocycles. The first kappa shape index (κ1) is 31.5. The second-order valence-electron chi connectivity index (χ2n) is 8.31. The van der Waals surface area contributed by atoms with Gasteiger partial charge in [-0.1, -0.05) is 11.6 Å². The maximum atomic E-state index is 14.7. The van der Waals surface area contributed by atoms with Gasteiger partial charge in [0.1, 0.15) is 5.82 Å². The van der Waals surface area contributed by atoms with Crippen LogP contribution in [0.3, 0.4) is 0 Å². The average molecular weight is 675 g/mol. The molecule has 11 nitrogen and oxygen atoms in total. The molecule has 0 saturated carbocycles. The van der Waals surface area contributed by atoms with Crippen LogP contribution in [0.2, 0.25) is 5.02 Å². The third-order valence-corrected chi connectivity index (χ3v) is 8.34. The molecule has 1 saturated heterocycles. The number of alkyl halides is 3. The van der Waals surface area contributed by atoms with Crippen LogP contribution >= 0.6 is 27.5 Å². The fraction of sp³-hybridized carbons (Fsp3) is 0.318. The van der Waals surface area contributed by atoms with E-state index in [1.54, 1.807) is 19.2 Å². The summed E-state index contributed by atoms with van der Waals surface area (Å²) >= 11 is 9.78. The topological polar surface area (TPSA) is 143 Å². The molecule has 0 radical (unpaired) electrons. The summed E-state index contributed by atoms with van der Waals surface area (Å²) in [5.41, 5.74) is 0.396. The van der Waals surface area contributed by atoms with Crippen LogP contribution in [-0.4, -0.2) is 65.8 Å². The van der Waals surface area contributed by atoms with Gasteiger partial charge in [-0.05, 0) is 46.6 Å². The Kier molecular flexibility index (Phi) is 9.66. The molecule has 1 atom stereocenters. The number of halogens is 6. The van der Waals surface area contributed by atoms with Crippen molar-refractivity contribution in [1.82, 2.24) is 13.9 Å². The number of rotatable bonds is 6. The molecule has 1 aromatic heterocycles. The minimum atomic E-state index is -5.08. The van der Waals surface area contributed by atoms with Gasteiger partial charge < -0.3 is 19.7 Å². The van der Waals surface area contributed by atoms with Gasteiger partial charge in [-0.25, -0.2) is 14.2 Å². The van der Waals surface area contributed by atoms with Crippen molar-refractivity contribution >= 4 is 71.7 Å². The Balaban J connectivity index is 0.000000559. The van der Waals surface area contributed by atoms with Gasteiger partial charge in [0, 0.05) is 27.2 Å². The maximum absolute atomic E-state index is 14.7. The molecular weight excluding hydrogens is 654 g/mol. The monoisotopic (exact) mass is 673 g/mol. The largest absolute Gasteiger partial charge is 0.490 e. The van der Waals surface area contributed by atoms with Crippen LogP contribution < -0.4 is 15.6 Å². The Morgan fingerprint density at radius 2 is 1.88 bits per heavy atom. The Morgan fingerprint density at radius 3 is 2.45 bits per heavy atom. The molecule has 1 fully saturated rings. The number of aromatic nitrogens is 2. The number of carboxylic acids is 1. The zero-order valence-electron chi connectivity index (χ0n) is 20.6. The van der Waals surface area contributed by atoms with Gasteiger partial charge in [0.15, 0.2) is 0 Å². The van der Waals surface area contributed by atoms with Crippen LogP contribution in [-0.2, 0) is 26.8 Å². The second-order valence-corrected chi connectivity index (χ2v) is 11.1. The number of benzene rings is 2. The van der Waals surface area contributed by atoms with Gasteiger partial charge >= 0.3 is 22.4 Å². The highest BCUT2D eigenvalue weighted by molar-refractivity contribution is 9.10. The molecule has 218 valence electrons. The summed E-state index contributed by atoms with van der Waals surface area (Å²) in [5.74, 6) is -3.46. The van der Waals surface area contributed by atoms with Gasteiger partial charge in [0.2, 0.25) is 0 Å². The first-order valence-corrected chi connectivity index (χ1v) is 13.7. The summed E-state index contributed by atoms with van der Waals surface area (Å²) in [4.78, 5) is 25.6. The average Bonchev–Trinajstić information content (AvgIpc) is 3.37. The molecule has 1 aliphatic rings. The zero-order valence-corrected chi connectivity index (χ0v) is 23.7.